The van der Waals surface area contributed by atoms with Crippen LogP contribution in [0.3, 0.4) is 0 Å². The van der Waals surface area contributed by atoms with Gasteiger partial charge < -0.3 is 23.4 Å². The molecule has 0 aromatic carbocycles. The van der Waals surface area contributed by atoms with Crippen molar-refractivity contribution in [1.29, 1.82) is 0 Å². The van der Waals surface area contributed by atoms with E-state index < -0.39 is 27.3 Å². The Balaban J connectivity index is 4.58. The molecule has 0 aromatic heterocycles. The van der Waals surface area contributed by atoms with Gasteiger partial charge in [-0.1, -0.05) is 0 Å². The van der Waals surface area contributed by atoms with Crippen molar-refractivity contribution >= 4 is 21.1 Å². The van der Waals surface area contributed by atoms with E-state index >= 15 is 0 Å². The molecule has 1 amide bonds. The Morgan fingerprint density at radius 3 is 1.75 bits per heavy atom. The second-order valence-corrected chi connectivity index (χ2v) is 9.74. The summed E-state index contributed by atoms with van der Waals surface area (Å²) in [5, 5.41) is 2.55. The van der Waals surface area contributed by atoms with Crippen LogP contribution in [0.1, 0.15) is 41.5 Å². The minimum atomic E-state index is -3.54. The number of amides is 1. The minimum Gasteiger partial charge on any atom is -0.355 e. The summed E-state index contributed by atoms with van der Waals surface area (Å²) in [6, 6.07) is 0. The third-order valence-corrected chi connectivity index (χ3v) is 6.67. The number of carbonyl (C=O) groups is 1. The van der Waals surface area contributed by atoms with Gasteiger partial charge in [0.1, 0.15) is 6.16 Å². The average Bonchev–Trinajstić information content (AvgIpc) is 2.35. The lowest BCUT2D eigenvalue weighted by Gasteiger charge is -2.22. The molecule has 0 aliphatic rings. The molecule has 0 aromatic rings. The molecule has 0 saturated heterocycles. The third kappa shape index (κ3) is 10.6. The summed E-state index contributed by atoms with van der Waals surface area (Å²) in [6.45, 7) is 10.9. The van der Waals surface area contributed by atoms with Crippen LogP contribution >= 0.6 is 15.2 Å². The van der Waals surface area contributed by atoms with Crippen molar-refractivity contribution in [3.05, 3.63) is 0 Å². The SMILES string of the molecule is CCOP(=O)(CCNC(=O)CP(=O)(OC(C)C)OC(C)C)OCC. The molecular formula is C14H31NO7P2. The first-order valence-electron chi connectivity index (χ1n) is 8.16. The van der Waals surface area contributed by atoms with Crippen molar-refractivity contribution in [2.75, 3.05) is 32.1 Å². The van der Waals surface area contributed by atoms with Crippen molar-refractivity contribution in [2.24, 2.45) is 0 Å². The Hall–Kier alpha value is -0.230. The van der Waals surface area contributed by atoms with Crippen molar-refractivity contribution in [3.8, 4) is 0 Å². The van der Waals surface area contributed by atoms with E-state index in [1.807, 2.05) is 0 Å². The smallest absolute Gasteiger partial charge is 0.340 e. The summed E-state index contributed by atoms with van der Waals surface area (Å²) in [6.07, 6.45) is -1.02. The predicted molar refractivity (Wildman–Crippen MR) is 93.7 cm³/mol. The number of rotatable bonds is 13. The highest BCUT2D eigenvalue weighted by Gasteiger charge is 2.31. The quantitative estimate of drug-likeness (QED) is 0.483. The van der Waals surface area contributed by atoms with Crippen LogP contribution in [0.5, 0.6) is 0 Å². The van der Waals surface area contributed by atoms with E-state index in [9.17, 15) is 13.9 Å². The molecule has 144 valence electrons. The van der Waals surface area contributed by atoms with Gasteiger partial charge in [-0.15, -0.1) is 0 Å². The zero-order valence-corrected chi connectivity index (χ0v) is 17.2. The number of hydrogen-bond donors (Lipinski definition) is 1. The molecule has 0 unspecified atom stereocenters. The van der Waals surface area contributed by atoms with E-state index in [1.54, 1.807) is 41.5 Å². The fraction of sp³-hybridized carbons (Fsp3) is 0.929. The first-order valence-corrected chi connectivity index (χ1v) is 11.6. The van der Waals surface area contributed by atoms with E-state index in [2.05, 4.69) is 5.32 Å². The van der Waals surface area contributed by atoms with Crippen LogP contribution in [0.25, 0.3) is 0 Å². The Morgan fingerprint density at radius 1 is 0.917 bits per heavy atom. The highest BCUT2D eigenvalue weighted by molar-refractivity contribution is 7.55. The molecule has 24 heavy (non-hydrogen) atoms. The van der Waals surface area contributed by atoms with Crippen LogP contribution in [0.15, 0.2) is 0 Å². The van der Waals surface area contributed by atoms with Crippen molar-refractivity contribution < 1.29 is 32.0 Å². The van der Waals surface area contributed by atoms with Crippen LogP contribution < -0.4 is 5.32 Å². The molecule has 0 spiro atoms. The van der Waals surface area contributed by atoms with Gasteiger partial charge in [-0.25, -0.2) is 0 Å². The summed E-state index contributed by atoms with van der Waals surface area (Å²) in [7, 11) is -6.76. The zero-order valence-electron chi connectivity index (χ0n) is 15.4. The Labute approximate surface area is 145 Å². The topological polar surface area (TPSA) is 100 Å². The normalized spacial score (nSPS) is 12.8. The van der Waals surface area contributed by atoms with E-state index in [4.69, 9.17) is 18.1 Å². The van der Waals surface area contributed by atoms with Crippen LogP contribution in [-0.4, -0.2) is 50.2 Å². The van der Waals surface area contributed by atoms with Crippen LogP contribution in [0, 0.1) is 0 Å². The second kappa shape index (κ2) is 11.4. The van der Waals surface area contributed by atoms with Crippen LogP contribution in [0.4, 0.5) is 0 Å². The molecule has 10 heteroatoms. The summed E-state index contributed by atoms with van der Waals surface area (Å²) in [4.78, 5) is 12.0. The summed E-state index contributed by atoms with van der Waals surface area (Å²) < 4.78 is 45.8. The lowest BCUT2D eigenvalue weighted by atomic mass is 10.5. The molecule has 0 rings (SSSR count). The molecule has 0 aliphatic carbocycles. The van der Waals surface area contributed by atoms with E-state index in [1.165, 1.54) is 0 Å². The van der Waals surface area contributed by atoms with Gasteiger partial charge in [-0.2, -0.15) is 0 Å². The maximum absolute atomic E-state index is 12.6. The molecule has 0 heterocycles. The summed E-state index contributed by atoms with van der Waals surface area (Å²) in [5.74, 6) is -0.501. The molecule has 0 radical (unpaired) electrons. The summed E-state index contributed by atoms with van der Waals surface area (Å²) in [5.41, 5.74) is 0. The summed E-state index contributed by atoms with van der Waals surface area (Å²) >= 11 is 0. The van der Waals surface area contributed by atoms with E-state index in [0.717, 1.165) is 0 Å². The standard InChI is InChI=1S/C14H31NO7P2/c1-7-19-23(17,20-8-2)10-9-15-14(16)11-24(18,21-12(3)4)22-13(5)6/h12-13H,7-11H2,1-6H3,(H,15,16). The molecule has 0 aliphatic heterocycles. The fourth-order valence-electron chi connectivity index (χ4n) is 1.87. The van der Waals surface area contributed by atoms with Gasteiger partial charge in [0, 0.05) is 6.54 Å². The van der Waals surface area contributed by atoms with E-state index in [0.29, 0.717) is 0 Å². The molecule has 8 nitrogen and oxygen atoms in total. The molecule has 0 atom stereocenters. The van der Waals surface area contributed by atoms with Gasteiger partial charge in [-0.05, 0) is 41.5 Å². The van der Waals surface area contributed by atoms with Gasteiger partial charge in [0.15, 0.2) is 0 Å². The van der Waals surface area contributed by atoms with Gasteiger partial charge >= 0.3 is 15.2 Å². The lowest BCUT2D eigenvalue weighted by Crippen LogP contribution is -2.30. The number of nitrogens with one attached hydrogen (secondary N) is 1. The average molecular weight is 387 g/mol. The number of hydrogen-bond acceptors (Lipinski definition) is 7. The molecule has 0 saturated carbocycles. The Morgan fingerprint density at radius 2 is 1.38 bits per heavy atom. The highest BCUT2D eigenvalue weighted by atomic mass is 31.2. The minimum absolute atomic E-state index is 0.0425. The number of carbonyl (C=O) groups excluding carboxylic acids is 1. The molecule has 0 bridgehead atoms. The molecule has 0 fully saturated rings. The third-order valence-electron chi connectivity index (χ3n) is 2.44. The fourth-order valence-corrected chi connectivity index (χ4v) is 5.32. The lowest BCUT2D eigenvalue weighted by molar-refractivity contribution is -0.118. The van der Waals surface area contributed by atoms with Crippen molar-refractivity contribution in [1.82, 2.24) is 5.32 Å². The Bertz CT molecular complexity index is 444. The van der Waals surface area contributed by atoms with Crippen LogP contribution in [0.2, 0.25) is 0 Å². The van der Waals surface area contributed by atoms with Gasteiger partial charge in [0.2, 0.25) is 5.91 Å². The Kier molecular flexibility index (Phi) is 11.3. The highest BCUT2D eigenvalue weighted by Crippen LogP contribution is 2.50. The zero-order chi connectivity index (χ0) is 18.8. The van der Waals surface area contributed by atoms with Crippen LogP contribution in [-0.2, 0) is 32.0 Å². The maximum atomic E-state index is 12.6. The molecule has 1 N–H and O–H groups in total. The van der Waals surface area contributed by atoms with Crippen molar-refractivity contribution in [2.45, 2.75) is 53.8 Å². The maximum Gasteiger partial charge on any atom is 0.340 e. The second-order valence-electron chi connectivity index (χ2n) is 5.60. The first kappa shape index (κ1) is 23.8. The van der Waals surface area contributed by atoms with E-state index in [-0.39, 0.29) is 38.1 Å². The molecular weight excluding hydrogens is 356 g/mol. The van der Waals surface area contributed by atoms with Gasteiger partial charge in [0.25, 0.3) is 0 Å². The van der Waals surface area contributed by atoms with Gasteiger partial charge in [0.05, 0.1) is 31.6 Å². The van der Waals surface area contributed by atoms with Gasteiger partial charge in [-0.3, -0.25) is 13.9 Å². The largest absolute Gasteiger partial charge is 0.355 e. The first-order chi connectivity index (χ1) is 11.1. The monoisotopic (exact) mass is 387 g/mol. The predicted octanol–water partition coefficient (Wildman–Crippen LogP) is 3.41. The van der Waals surface area contributed by atoms with Crippen molar-refractivity contribution in [3.63, 3.8) is 0 Å².